The Morgan fingerprint density at radius 2 is 0.605 bits per heavy atom. The van der Waals surface area contributed by atoms with Crippen LogP contribution in [0.3, 0.4) is 0 Å². The second-order valence-corrected chi connectivity index (χ2v) is 21.7. The molecule has 29 heteroatoms. The Morgan fingerprint density at radius 1 is 0.358 bits per heavy atom. The minimum absolute atomic E-state index is 0.0174. The monoisotopic (exact) mass is 1160 g/mol. The molecule has 0 heterocycles. The molecule has 0 saturated heterocycles. The molecule has 0 aliphatic heterocycles. The summed E-state index contributed by atoms with van der Waals surface area (Å²) in [5, 5.41) is 60.3. The van der Waals surface area contributed by atoms with Crippen LogP contribution in [-0.4, -0.2) is 164 Å². The van der Waals surface area contributed by atoms with E-state index in [4.69, 9.17) is 11.5 Å². The lowest BCUT2D eigenvalue weighted by atomic mass is 9.95. The predicted molar refractivity (Wildman–Crippen MR) is 290 cm³/mol. The molecule has 0 bridgehead atoms. The quantitative estimate of drug-likeness (QED) is 0.0331. The number of primary amides is 1. The smallest absolute Gasteiger partial charge is 0.326 e. The zero-order valence-electron chi connectivity index (χ0n) is 48.3. The van der Waals surface area contributed by atoms with Gasteiger partial charge in [0.25, 0.3) is 0 Å². The van der Waals surface area contributed by atoms with Gasteiger partial charge in [-0.15, -0.1) is 0 Å². The Labute approximate surface area is 471 Å². The van der Waals surface area contributed by atoms with Gasteiger partial charge in [0.15, 0.2) is 0 Å². The van der Waals surface area contributed by atoms with E-state index in [1.165, 1.54) is 13.8 Å². The fraction of sp³-hybridized carbons (Fsp3) is 0.731. The van der Waals surface area contributed by atoms with E-state index in [0.29, 0.717) is 6.42 Å². The van der Waals surface area contributed by atoms with Crippen molar-refractivity contribution in [2.75, 3.05) is 0 Å². The van der Waals surface area contributed by atoms with Crippen molar-refractivity contribution in [3.63, 3.8) is 0 Å². The third kappa shape index (κ3) is 29.0. The number of carbonyl (C=O) groups is 14. The summed E-state index contributed by atoms with van der Waals surface area (Å²) in [4.78, 5) is 183. The Balaban J connectivity index is 7.01. The van der Waals surface area contributed by atoms with Crippen LogP contribution in [0.5, 0.6) is 0 Å². The molecule has 81 heavy (non-hydrogen) atoms. The average molecular weight is 1160 g/mol. The molecule has 0 rings (SSSR count). The summed E-state index contributed by atoms with van der Waals surface area (Å²) in [5.74, 6) is -17.5. The molecular weight excluding hydrogens is 1070 g/mol. The van der Waals surface area contributed by atoms with Gasteiger partial charge in [0.05, 0.1) is 12.5 Å². The van der Waals surface area contributed by atoms with Crippen LogP contribution in [0.25, 0.3) is 0 Å². The highest BCUT2D eigenvalue weighted by molar-refractivity contribution is 5.99. The Bertz CT molecular complexity index is 2210. The van der Waals surface area contributed by atoms with E-state index >= 15 is 0 Å². The Hall–Kier alpha value is -7.46. The van der Waals surface area contributed by atoms with E-state index in [1.54, 1.807) is 48.5 Å². The molecule has 0 aromatic rings. The first-order valence-electron chi connectivity index (χ1n) is 27.2. The summed E-state index contributed by atoms with van der Waals surface area (Å²) >= 11 is 0. The van der Waals surface area contributed by atoms with E-state index in [0.717, 1.165) is 0 Å². The molecule has 0 radical (unpaired) electrons. The van der Waals surface area contributed by atoms with E-state index in [1.807, 2.05) is 19.2 Å². The number of carboxylic acid groups (broad SMARTS) is 4. The number of nitrogens with two attached hydrogens (primary N) is 2. The van der Waals surface area contributed by atoms with Gasteiger partial charge >= 0.3 is 23.9 Å². The second-order valence-electron chi connectivity index (χ2n) is 21.7. The van der Waals surface area contributed by atoms with E-state index in [2.05, 4.69) is 42.5 Å². The van der Waals surface area contributed by atoms with Crippen molar-refractivity contribution in [3.8, 4) is 0 Å². The Morgan fingerprint density at radius 3 is 0.877 bits per heavy atom. The second kappa shape index (κ2) is 36.7. The molecule has 17 N–H and O–H groups in total. The third-order valence-electron chi connectivity index (χ3n) is 12.9. The highest BCUT2D eigenvalue weighted by Gasteiger charge is 2.38. The fourth-order valence-electron chi connectivity index (χ4n) is 7.95. The van der Waals surface area contributed by atoms with Crippen molar-refractivity contribution in [3.05, 3.63) is 0 Å². The summed E-state index contributed by atoms with van der Waals surface area (Å²) in [5.41, 5.74) is 10.8. The van der Waals surface area contributed by atoms with Gasteiger partial charge in [0, 0.05) is 19.3 Å². The van der Waals surface area contributed by atoms with Crippen molar-refractivity contribution >= 4 is 82.9 Å². The van der Waals surface area contributed by atoms with Crippen LogP contribution in [-0.2, 0) is 67.1 Å². The number of carboxylic acids is 4. The van der Waals surface area contributed by atoms with Crippen LogP contribution in [0.2, 0.25) is 0 Å². The lowest BCUT2D eigenvalue weighted by Gasteiger charge is -2.30. The molecule has 0 aromatic carbocycles. The van der Waals surface area contributed by atoms with Gasteiger partial charge in [-0.2, -0.15) is 0 Å². The first kappa shape index (κ1) is 73.5. The lowest BCUT2D eigenvalue weighted by molar-refractivity contribution is -0.144. The van der Waals surface area contributed by atoms with Crippen molar-refractivity contribution < 1.29 is 87.5 Å². The SMILES string of the molecule is CC[C@H](C)[C@H](NC(=O)[C@H](CCC(=O)O)NC(=O)[C@H](CC(C)C)NC(=O)[C@H](CCC(=O)O)NC(=O)[C@H](CC(C)C)NC(=O)[C@@H](NC(=O)[C@H](CC(C)C)NC(=O)[C@H](C)N)[C@@H](C)CC)C(=O)N[C@@H](CCC(=O)O)C(=O)N[C@@H](CC(N)=O)C(=O)O. The van der Waals surface area contributed by atoms with Gasteiger partial charge in [-0.25, -0.2) is 4.79 Å². The van der Waals surface area contributed by atoms with Crippen molar-refractivity contribution in [2.24, 2.45) is 41.1 Å². The Kier molecular flexibility index (Phi) is 33.3. The van der Waals surface area contributed by atoms with Crippen LogP contribution in [0, 0.1) is 29.6 Å². The van der Waals surface area contributed by atoms with Crippen LogP contribution < -0.4 is 59.3 Å². The molecule has 12 atom stereocenters. The number of rotatable bonds is 40. The van der Waals surface area contributed by atoms with Crippen LogP contribution in [0.15, 0.2) is 0 Å². The van der Waals surface area contributed by atoms with E-state index in [9.17, 15) is 87.5 Å². The first-order chi connectivity index (χ1) is 37.5. The summed E-state index contributed by atoms with van der Waals surface area (Å²) in [6, 6.07) is -14.7. The lowest BCUT2D eigenvalue weighted by Crippen LogP contribution is -2.61. The van der Waals surface area contributed by atoms with Crippen LogP contribution in [0.1, 0.15) is 153 Å². The molecule has 0 aliphatic carbocycles. The number of hydrogen-bond donors (Lipinski definition) is 15. The highest BCUT2D eigenvalue weighted by Crippen LogP contribution is 2.16. The maximum absolute atomic E-state index is 14.2. The minimum Gasteiger partial charge on any atom is -0.481 e. The van der Waals surface area contributed by atoms with Gasteiger partial charge < -0.3 is 79.7 Å². The molecule has 0 saturated carbocycles. The maximum Gasteiger partial charge on any atom is 0.326 e. The molecule has 29 nitrogen and oxygen atoms in total. The number of carbonyl (C=O) groups excluding carboxylic acids is 10. The topological polar surface area (TPSA) is 480 Å². The summed E-state index contributed by atoms with van der Waals surface area (Å²) in [6.07, 6.45) is -4.09. The van der Waals surface area contributed by atoms with Crippen LogP contribution in [0.4, 0.5) is 0 Å². The van der Waals surface area contributed by atoms with Crippen molar-refractivity contribution in [2.45, 2.75) is 214 Å². The molecule has 0 aromatic heterocycles. The number of nitrogens with one attached hydrogen (secondary N) is 9. The van der Waals surface area contributed by atoms with Gasteiger partial charge in [-0.05, 0) is 75.0 Å². The maximum atomic E-state index is 14.2. The number of hydrogen-bond acceptors (Lipinski definition) is 15. The molecule has 460 valence electrons. The third-order valence-corrected chi connectivity index (χ3v) is 12.9. The molecule has 10 amide bonds. The number of aliphatic carboxylic acids is 4. The van der Waals surface area contributed by atoms with Crippen LogP contribution >= 0.6 is 0 Å². The highest BCUT2D eigenvalue weighted by atomic mass is 16.4. The van der Waals surface area contributed by atoms with Crippen molar-refractivity contribution in [1.82, 2.24) is 47.9 Å². The summed E-state index contributed by atoms with van der Waals surface area (Å²) in [6.45, 7) is 18.5. The molecule has 0 unspecified atom stereocenters. The van der Waals surface area contributed by atoms with Gasteiger partial charge in [0.2, 0.25) is 59.1 Å². The van der Waals surface area contributed by atoms with E-state index in [-0.39, 0.29) is 43.4 Å². The summed E-state index contributed by atoms with van der Waals surface area (Å²) < 4.78 is 0. The summed E-state index contributed by atoms with van der Waals surface area (Å²) in [7, 11) is 0. The van der Waals surface area contributed by atoms with Gasteiger partial charge in [-0.3, -0.25) is 62.3 Å². The molecule has 0 fully saturated rings. The standard InChI is InChI=1S/C52H89N11O18/c1-12-27(9)41(50(78)57-31(15-18-39(67)68)45(73)61-36(52(80)81)23-37(54)64)62-46(74)32(16-19-40(69)70)56-47(75)33(20-24(3)4)59-44(72)30(14-17-38(65)66)55-48(76)34(21-25(5)6)60-51(79)42(28(10)13-2)63-49(77)35(22-26(7)8)58-43(71)29(11)53/h24-36,41-42H,12-23,53H2,1-11H3,(H2,54,64)(H,55,76)(H,56,75)(H,57,78)(H,58,71)(H,59,72)(H,60,79)(H,61,73)(H,62,74)(H,63,77)(H,65,66)(H,67,68)(H,69,70)(H,80,81)/t27-,28-,29-,30-,31-,32-,33-,34-,35-,36-,41-,42-/m0/s1. The van der Waals surface area contributed by atoms with Crippen molar-refractivity contribution in [1.29, 1.82) is 0 Å². The zero-order chi connectivity index (χ0) is 62.6. The molecule has 0 spiro atoms. The number of amides is 10. The molecule has 0 aliphatic rings. The molecular formula is C52H89N11O18. The van der Waals surface area contributed by atoms with Gasteiger partial charge in [-0.1, -0.05) is 82.1 Å². The fourth-order valence-corrected chi connectivity index (χ4v) is 7.95. The first-order valence-corrected chi connectivity index (χ1v) is 27.2. The largest absolute Gasteiger partial charge is 0.481 e. The zero-order valence-corrected chi connectivity index (χ0v) is 48.3. The van der Waals surface area contributed by atoms with Gasteiger partial charge in [0.1, 0.15) is 54.4 Å². The van der Waals surface area contributed by atoms with E-state index < -0.39 is 200 Å². The normalized spacial score (nSPS) is 15.7. The average Bonchev–Trinajstić information content (AvgIpc) is 3.35. The minimum atomic E-state index is -1.86. The predicted octanol–water partition coefficient (Wildman–Crippen LogP) is -1.52.